The molecule has 0 aliphatic heterocycles. The molecule has 0 saturated carbocycles. The fraction of sp³-hybridized carbons (Fsp3) is 0.200. The maximum Gasteiger partial charge on any atom is 0.244 e. The minimum absolute atomic E-state index is 0.121. The molecule has 0 fully saturated rings. The summed E-state index contributed by atoms with van der Waals surface area (Å²) >= 11 is 0. The molecule has 1 N–H and O–H groups in total. The Morgan fingerprint density at radius 1 is 0.935 bits per heavy atom. The standard InChI is InChI=1S/C25H25N3O3/c1-2-16-30-23-15-9-7-13-21(23)27-25(29)17-28-22-14-8-6-12-20(22)26-24(28)18-31-19-10-4-3-5-11-19/h3-15H,2,16-18H2,1H3,(H,27,29). The van der Waals surface area contributed by atoms with E-state index in [2.05, 4.69) is 10.3 Å². The summed E-state index contributed by atoms with van der Waals surface area (Å²) in [5, 5.41) is 2.97. The number of rotatable bonds is 9. The SMILES string of the molecule is CCCOc1ccccc1NC(=O)Cn1c(COc2ccccc2)nc2ccccc21. The zero-order valence-corrected chi connectivity index (χ0v) is 17.5. The van der Waals surface area contributed by atoms with Gasteiger partial charge in [0.05, 0.1) is 23.3 Å². The van der Waals surface area contributed by atoms with E-state index in [0.717, 1.165) is 23.2 Å². The van der Waals surface area contributed by atoms with Crippen LogP contribution in [0.25, 0.3) is 11.0 Å². The van der Waals surface area contributed by atoms with Gasteiger partial charge in [0.25, 0.3) is 0 Å². The maximum atomic E-state index is 12.9. The third-order valence-corrected chi connectivity index (χ3v) is 4.77. The Morgan fingerprint density at radius 3 is 2.52 bits per heavy atom. The summed E-state index contributed by atoms with van der Waals surface area (Å²) in [6, 6.07) is 24.8. The number of carbonyl (C=O) groups is 1. The van der Waals surface area contributed by atoms with E-state index in [9.17, 15) is 4.79 Å². The van der Waals surface area contributed by atoms with E-state index in [0.29, 0.717) is 23.9 Å². The highest BCUT2D eigenvalue weighted by atomic mass is 16.5. The van der Waals surface area contributed by atoms with Crippen molar-refractivity contribution in [2.75, 3.05) is 11.9 Å². The van der Waals surface area contributed by atoms with Gasteiger partial charge in [0.1, 0.15) is 30.5 Å². The first-order chi connectivity index (χ1) is 15.2. The van der Waals surface area contributed by atoms with Crippen LogP contribution in [0.4, 0.5) is 5.69 Å². The average molecular weight is 415 g/mol. The molecule has 0 saturated heterocycles. The van der Waals surface area contributed by atoms with Crippen molar-refractivity contribution in [1.82, 2.24) is 9.55 Å². The normalized spacial score (nSPS) is 10.7. The number of para-hydroxylation sites is 5. The molecule has 0 atom stereocenters. The van der Waals surface area contributed by atoms with Gasteiger partial charge in [0, 0.05) is 0 Å². The van der Waals surface area contributed by atoms with E-state index in [1.807, 2.05) is 90.4 Å². The maximum absolute atomic E-state index is 12.9. The first-order valence-electron chi connectivity index (χ1n) is 10.4. The summed E-state index contributed by atoms with van der Waals surface area (Å²) in [6.07, 6.45) is 0.897. The Balaban J connectivity index is 1.54. The number of aromatic nitrogens is 2. The smallest absolute Gasteiger partial charge is 0.244 e. The highest BCUT2D eigenvalue weighted by Gasteiger charge is 2.15. The first-order valence-corrected chi connectivity index (χ1v) is 10.4. The number of hydrogen-bond acceptors (Lipinski definition) is 4. The largest absolute Gasteiger partial charge is 0.491 e. The van der Waals surface area contributed by atoms with Crippen molar-refractivity contribution in [3.8, 4) is 11.5 Å². The topological polar surface area (TPSA) is 65.4 Å². The number of carbonyl (C=O) groups excluding carboxylic acids is 1. The predicted molar refractivity (Wildman–Crippen MR) is 121 cm³/mol. The molecule has 1 heterocycles. The third kappa shape index (κ3) is 5.04. The van der Waals surface area contributed by atoms with E-state index in [-0.39, 0.29) is 19.1 Å². The Kier molecular flexibility index (Phi) is 6.47. The zero-order valence-electron chi connectivity index (χ0n) is 17.5. The van der Waals surface area contributed by atoms with Crippen molar-refractivity contribution >= 4 is 22.6 Å². The number of anilines is 1. The molecule has 3 aromatic carbocycles. The fourth-order valence-electron chi connectivity index (χ4n) is 3.32. The lowest BCUT2D eigenvalue weighted by atomic mass is 10.3. The number of ether oxygens (including phenoxy) is 2. The minimum atomic E-state index is -0.156. The molecule has 6 nitrogen and oxygen atoms in total. The fourth-order valence-corrected chi connectivity index (χ4v) is 3.32. The molecular weight excluding hydrogens is 390 g/mol. The zero-order chi connectivity index (χ0) is 21.5. The van der Waals surface area contributed by atoms with E-state index >= 15 is 0 Å². The van der Waals surface area contributed by atoms with Crippen LogP contribution >= 0.6 is 0 Å². The van der Waals surface area contributed by atoms with Gasteiger partial charge in [-0.05, 0) is 42.8 Å². The summed E-state index contributed by atoms with van der Waals surface area (Å²) in [5.41, 5.74) is 2.38. The molecule has 6 heteroatoms. The van der Waals surface area contributed by atoms with Crippen LogP contribution in [0, 0.1) is 0 Å². The Bertz CT molecular complexity index is 1160. The lowest BCUT2D eigenvalue weighted by molar-refractivity contribution is -0.116. The number of hydrogen-bond donors (Lipinski definition) is 1. The monoisotopic (exact) mass is 415 g/mol. The second kappa shape index (κ2) is 9.80. The van der Waals surface area contributed by atoms with Gasteiger partial charge in [-0.15, -0.1) is 0 Å². The summed E-state index contributed by atoms with van der Waals surface area (Å²) in [6.45, 7) is 3.03. The summed E-state index contributed by atoms with van der Waals surface area (Å²) in [4.78, 5) is 17.6. The number of fused-ring (bicyclic) bond motifs is 1. The van der Waals surface area contributed by atoms with Crippen molar-refractivity contribution in [3.05, 3.63) is 84.7 Å². The second-order valence-electron chi connectivity index (χ2n) is 7.10. The molecule has 0 aliphatic rings. The number of amides is 1. The lowest BCUT2D eigenvalue weighted by Crippen LogP contribution is -2.21. The third-order valence-electron chi connectivity index (χ3n) is 4.77. The molecule has 0 spiro atoms. The van der Waals surface area contributed by atoms with Crippen molar-refractivity contribution in [2.45, 2.75) is 26.5 Å². The highest BCUT2D eigenvalue weighted by Crippen LogP contribution is 2.24. The highest BCUT2D eigenvalue weighted by molar-refractivity contribution is 5.93. The number of nitrogens with zero attached hydrogens (tertiary/aromatic N) is 2. The van der Waals surface area contributed by atoms with Crippen LogP contribution < -0.4 is 14.8 Å². The minimum Gasteiger partial charge on any atom is -0.491 e. The molecule has 0 unspecified atom stereocenters. The van der Waals surface area contributed by atoms with Crippen LogP contribution in [0.5, 0.6) is 11.5 Å². The number of nitrogens with one attached hydrogen (secondary N) is 1. The van der Waals surface area contributed by atoms with E-state index in [4.69, 9.17) is 9.47 Å². The van der Waals surface area contributed by atoms with Gasteiger partial charge in [-0.3, -0.25) is 4.79 Å². The van der Waals surface area contributed by atoms with Crippen molar-refractivity contribution < 1.29 is 14.3 Å². The van der Waals surface area contributed by atoms with E-state index in [1.165, 1.54) is 0 Å². The van der Waals surface area contributed by atoms with E-state index < -0.39 is 0 Å². The van der Waals surface area contributed by atoms with Crippen LogP contribution in [0.3, 0.4) is 0 Å². The van der Waals surface area contributed by atoms with Gasteiger partial charge in [-0.2, -0.15) is 0 Å². The average Bonchev–Trinajstić information content (AvgIpc) is 3.15. The van der Waals surface area contributed by atoms with Crippen molar-refractivity contribution in [2.24, 2.45) is 0 Å². The van der Waals surface area contributed by atoms with Gasteiger partial charge in [-0.25, -0.2) is 4.98 Å². The first kappa shape index (κ1) is 20.5. The van der Waals surface area contributed by atoms with Gasteiger partial charge < -0.3 is 19.4 Å². The van der Waals surface area contributed by atoms with Crippen LogP contribution in [0.15, 0.2) is 78.9 Å². The Labute approximate surface area is 181 Å². The number of imidazole rings is 1. The Morgan fingerprint density at radius 2 is 1.68 bits per heavy atom. The van der Waals surface area contributed by atoms with Crippen molar-refractivity contribution in [1.29, 1.82) is 0 Å². The molecule has 0 aliphatic carbocycles. The summed E-state index contributed by atoms with van der Waals surface area (Å²) in [5.74, 6) is 1.96. The molecule has 4 aromatic rings. The summed E-state index contributed by atoms with van der Waals surface area (Å²) < 4.78 is 13.5. The molecule has 0 radical (unpaired) electrons. The van der Waals surface area contributed by atoms with Gasteiger partial charge in [-0.1, -0.05) is 49.4 Å². The molecular formula is C25H25N3O3. The van der Waals surface area contributed by atoms with Gasteiger partial charge in [0.15, 0.2) is 0 Å². The molecule has 1 aromatic heterocycles. The van der Waals surface area contributed by atoms with Gasteiger partial charge in [0.2, 0.25) is 5.91 Å². The van der Waals surface area contributed by atoms with Gasteiger partial charge >= 0.3 is 0 Å². The number of benzene rings is 3. The molecule has 1 amide bonds. The second-order valence-corrected chi connectivity index (χ2v) is 7.10. The lowest BCUT2D eigenvalue weighted by Gasteiger charge is -2.14. The Hall–Kier alpha value is -3.80. The van der Waals surface area contributed by atoms with Crippen LogP contribution in [0.1, 0.15) is 19.2 Å². The summed E-state index contributed by atoms with van der Waals surface area (Å²) in [7, 11) is 0. The predicted octanol–water partition coefficient (Wildman–Crippen LogP) is 5.04. The molecule has 31 heavy (non-hydrogen) atoms. The van der Waals surface area contributed by atoms with Crippen LogP contribution in [0.2, 0.25) is 0 Å². The molecule has 4 rings (SSSR count). The van der Waals surface area contributed by atoms with Crippen LogP contribution in [-0.4, -0.2) is 22.1 Å². The quantitative estimate of drug-likeness (QED) is 0.416. The van der Waals surface area contributed by atoms with Crippen molar-refractivity contribution in [3.63, 3.8) is 0 Å². The molecule has 158 valence electrons. The van der Waals surface area contributed by atoms with Crippen LogP contribution in [-0.2, 0) is 17.9 Å². The van der Waals surface area contributed by atoms with E-state index in [1.54, 1.807) is 0 Å². The molecule has 0 bridgehead atoms.